The molecule has 0 aliphatic heterocycles. The largest absolute Gasteiger partial charge is 0.342 e. The second kappa shape index (κ2) is 5.66. The number of anilines is 1. The lowest BCUT2D eigenvalue weighted by Gasteiger charge is -2.06. The number of hydrogen-bond acceptors (Lipinski definition) is 7. The summed E-state index contributed by atoms with van der Waals surface area (Å²) in [5, 5.41) is 11.3. The molecule has 0 saturated carbocycles. The number of aryl methyl sites for hydroxylation is 1. The molecule has 0 bridgehead atoms. The van der Waals surface area contributed by atoms with Crippen molar-refractivity contribution in [1.82, 2.24) is 19.9 Å². The summed E-state index contributed by atoms with van der Waals surface area (Å²) in [4.78, 5) is 35.9. The number of H-pyrrole nitrogens is 2. The Morgan fingerprint density at radius 1 is 1.28 bits per heavy atom. The molecule has 0 atom stereocenters. The minimum absolute atomic E-state index is 0.0998. The number of sulfonamides is 1. The SMILES string of the molecule is Cc1cnc(-c2cc3nc(NS(C)(=O)=O)c(=O)[nH]c3cc2[N+](=O)[O-])[nH]1. The summed E-state index contributed by atoms with van der Waals surface area (Å²) in [6, 6.07) is 2.51. The molecule has 0 amide bonds. The second-order valence-electron chi connectivity index (χ2n) is 5.35. The molecule has 1 aromatic carbocycles. The predicted octanol–water partition coefficient (Wildman–Crippen LogP) is 0.901. The van der Waals surface area contributed by atoms with E-state index in [4.69, 9.17) is 0 Å². The zero-order valence-electron chi connectivity index (χ0n) is 13.0. The fraction of sp³-hybridized carbons (Fsp3) is 0.154. The molecule has 3 aromatic rings. The third-order valence-electron chi connectivity index (χ3n) is 3.25. The topological polar surface area (TPSA) is 164 Å². The van der Waals surface area contributed by atoms with Gasteiger partial charge in [0.2, 0.25) is 15.8 Å². The lowest BCUT2D eigenvalue weighted by molar-refractivity contribution is -0.384. The summed E-state index contributed by atoms with van der Waals surface area (Å²) in [6.07, 6.45) is 2.39. The molecule has 12 heteroatoms. The molecular weight excluding hydrogens is 352 g/mol. The van der Waals surface area contributed by atoms with Gasteiger partial charge in [-0.2, -0.15) is 0 Å². The number of fused-ring (bicyclic) bond motifs is 1. The molecule has 0 spiro atoms. The van der Waals surface area contributed by atoms with Crippen molar-refractivity contribution < 1.29 is 13.3 Å². The number of hydrogen-bond donors (Lipinski definition) is 3. The molecule has 25 heavy (non-hydrogen) atoms. The minimum Gasteiger partial charge on any atom is -0.342 e. The normalized spacial score (nSPS) is 11.6. The number of aromatic amines is 2. The number of aromatic nitrogens is 4. The van der Waals surface area contributed by atoms with E-state index < -0.39 is 26.3 Å². The molecule has 0 saturated heterocycles. The van der Waals surface area contributed by atoms with Crippen LogP contribution in [0.25, 0.3) is 22.4 Å². The van der Waals surface area contributed by atoms with Crippen LogP contribution in [0.5, 0.6) is 0 Å². The van der Waals surface area contributed by atoms with Crippen molar-refractivity contribution in [3.05, 3.63) is 44.5 Å². The van der Waals surface area contributed by atoms with Crippen LogP contribution in [0.2, 0.25) is 0 Å². The smallest absolute Gasteiger partial charge is 0.292 e. The summed E-state index contributed by atoms with van der Waals surface area (Å²) in [5.74, 6) is -0.165. The van der Waals surface area contributed by atoms with Crippen molar-refractivity contribution >= 4 is 32.6 Å². The first kappa shape index (κ1) is 16.6. The fourth-order valence-electron chi connectivity index (χ4n) is 2.26. The maximum Gasteiger partial charge on any atom is 0.292 e. The molecule has 0 fully saturated rings. The average molecular weight is 364 g/mol. The third kappa shape index (κ3) is 3.33. The van der Waals surface area contributed by atoms with Gasteiger partial charge in [-0.15, -0.1) is 0 Å². The van der Waals surface area contributed by atoms with Gasteiger partial charge in [-0.1, -0.05) is 0 Å². The van der Waals surface area contributed by atoms with Crippen molar-refractivity contribution in [1.29, 1.82) is 0 Å². The van der Waals surface area contributed by atoms with Crippen LogP contribution in [0.4, 0.5) is 11.5 Å². The monoisotopic (exact) mass is 364 g/mol. The number of nitro groups is 1. The highest BCUT2D eigenvalue weighted by molar-refractivity contribution is 7.92. The van der Waals surface area contributed by atoms with Gasteiger partial charge in [0.1, 0.15) is 5.82 Å². The third-order valence-corrected chi connectivity index (χ3v) is 3.81. The zero-order valence-corrected chi connectivity index (χ0v) is 13.8. The first-order valence-corrected chi connectivity index (χ1v) is 8.75. The van der Waals surface area contributed by atoms with Gasteiger partial charge in [-0.05, 0) is 13.0 Å². The van der Waals surface area contributed by atoms with Crippen molar-refractivity contribution in [3.8, 4) is 11.4 Å². The van der Waals surface area contributed by atoms with E-state index in [1.807, 2.05) is 4.72 Å². The zero-order chi connectivity index (χ0) is 18.4. The van der Waals surface area contributed by atoms with Gasteiger partial charge >= 0.3 is 0 Å². The van der Waals surface area contributed by atoms with Crippen LogP contribution in [-0.4, -0.2) is 39.5 Å². The predicted molar refractivity (Wildman–Crippen MR) is 89.8 cm³/mol. The Hall–Kier alpha value is -3.28. The average Bonchev–Trinajstić information content (AvgIpc) is 2.92. The number of nitrogens with zero attached hydrogens (tertiary/aromatic N) is 3. The fourth-order valence-corrected chi connectivity index (χ4v) is 2.75. The Morgan fingerprint density at radius 2 is 2.00 bits per heavy atom. The molecule has 3 N–H and O–H groups in total. The molecular formula is C13H12N6O5S. The van der Waals surface area contributed by atoms with Crippen molar-refractivity contribution in [2.45, 2.75) is 6.92 Å². The standard InChI is InChI=1S/C13H12N6O5S/c1-6-5-14-11(15-6)7-3-8-9(4-10(7)19(21)22)17-13(20)12(16-8)18-25(2,23)24/h3-5H,1-2H3,(H,14,15)(H,16,18)(H,17,20). The molecule has 2 aromatic heterocycles. The van der Waals surface area contributed by atoms with E-state index >= 15 is 0 Å². The molecule has 2 heterocycles. The second-order valence-corrected chi connectivity index (χ2v) is 7.10. The summed E-state index contributed by atoms with van der Waals surface area (Å²) in [5.41, 5.74) is 0.0498. The van der Waals surface area contributed by atoms with Gasteiger partial charge in [0.15, 0.2) is 0 Å². The van der Waals surface area contributed by atoms with Gasteiger partial charge in [-0.25, -0.2) is 18.4 Å². The number of rotatable bonds is 4. The highest BCUT2D eigenvalue weighted by atomic mass is 32.2. The summed E-state index contributed by atoms with van der Waals surface area (Å²) >= 11 is 0. The van der Waals surface area contributed by atoms with Crippen molar-refractivity contribution in [2.24, 2.45) is 0 Å². The van der Waals surface area contributed by atoms with Crippen LogP contribution in [0.15, 0.2) is 23.1 Å². The van der Waals surface area contributed by atoms with Crippen molar-refractivity contribution in [2.75, 3.05) is 11.0 Å². The van der Waals surface area contributed by atoms with Crippen LogP contribution in [0.3, 0.4) is 0 Å². The van der Waals surface area contributed by atoms with Crippen LogP contribution in [0, 0.1) is 17.0 Å². The van der Waals surface area contributed by atoms with Crippen LogP contribution >= 0.6 is 0 Å². The summed E-state index contributed by atoms with van der Waals surface area (Å²) in [6.45, 7) is 1.74. The van der Waals surface area contributed by atoms with Gasteiger partial charge < -0.3 is 9.97 Å². The molecule has 0 aliphatic carbocycles. The van der Waals surface area contributed by atoms with Gasteiger partial charge in [-0.3, -0.25) is 19.6 Å². The Labute approximate surface area is 140 Å². The van der Waals surface area contributed by atoms with E-state index in [1.54, 1.807) is 6.92 Å². The molecule has 130 valence electrons. The number of imidazole rings is 1. The van der Waals surface area contributed by atoms with Crippen LogP contribution in [-0.2, 0) is 10.0 Å². The summed E-state index contributed by atoms with van der Waals surface area (Å²) < 4.78 is 24.6. The molecule has 0 aliphatic rings. The number of benzene rings is 1. The van der Waals surface area contributed by atoms with Gasteiger partial charge in [0.05, 0.1) is 27.8 Å². The van der Waals surface area contributed by atoms with Crippen LogP contribution < -0.4 is 10.3 Å². The first-order valence-electron chi connectivity index (χ1n) is 6.86. The molecule has 0 radical (unpaired) electrons. The lowest BCUT2D eigenvalue weighted by atomic mass is 10.1. The van der Waals surface area contributed by atoms with Crippen LogP contribution in [0.1, 0.15) is 5.69 Å². The Morgan fingerprint density at radius 3 is 2.56 bits per heavy atom. The maximum absolute atomic E-state index is 11.9. The Bertz CT molecular complexity index is 1160. The van der Waals surface area contributed by atoms with E-state index in [2.05, 4.69) is 19.9 Å². The van der Waals surface area contributed by atoms with Crippen molar-refractivity contribution in [3.63, 3.8) is 0 Å². The van der Waals surface area contributed by atoms with E-state index in [0.29, 0.717) is 5.69 Å². The summed E-state index contributed by atoms with van der Waals surface area (Å²) in [7, 11) is -3.71. The quantitative estimate of drug-likeness (QED) is 0.457. The van der Waals surface area contributed by atoms with E-state index in [-0.39, 0.29) is 28.1 Å². The highest BCUT2D eigenvalue weighted by Gasteiger charge is 2.21. The lowest BCUT2D eigenvalue weighted by Crippen LogP contribution is -2.20. The van der Waals surface area contributed by atoms with E-state index in [1.165, 1.54) is 12.3 Å². The Kier molecular flexibility index (Phi) is 3.75. The van der Waals surface area contributed by atoms with Gasteiger partial charge in [0.25, 0.3) is 11.2 Å². The van der Waals surface area contributed by atoms with E-state index in [9.17, 15) is 23.3 Å². The maximum atomic E-state index is 11.9. The number of nitrogens with one attached hydrogen (secondary N) is 3. The highest BCUT2D eigenvalue weighted by Crippen LogP contribution is 2.31. The van der Waals surface area contributed by atoms with E-state index in [0.717, 1.165) is 12.3 Å². The van der Waals surface area contributed by atoms with Gasteiger partial charge in [0, 0.05) is 18.0 Å². The first-order chi connectivity index (χ1) is 11.6. The molecule has 11 nitrogen and oxygen atoms in total. The Balaban J connectivity index is 2.28. The molecule has 0 unspecified atom stereocenters. The molecule has 3 rings (SSSR count). The minimum atomic E-state index is -3.71. The number of nitro benzene ring substituents is 1.